The lowest BCUT2D eigenvalue weighted by atomic mass is 10.0. The van der Waals surface area contributed by atoms with Gasteiger partial charge in [0.05, 0.1) is 16.3 Å². The van der Waals surface area contributed by atoms with Gasteiger partial charge in [-0.15, -0.1) is 11.8 Å². The predicted octanol–water partition coefficient (Wildman–Crippen LogP) is 7.15. The maximum Gasteiger partial charge on any atom is 0.257 e. The van der Waals surface area contributed by atoms with Crippen LogP contribution < -0.4 is 10.2 Å². The molecular formula is C25H22Cl2N2O2S. The first-order valence-electron chi connectivity index (χ1n) is 10.2. The summed E-state index contributed by atoms with van der Waals surface area (Å²) in [5, 5.41) is 3.52. The maximum absolute atomic E-state index is 12.6. The van der Waals surface area contributed by atoms with E-state index in [2.05, 4.69) is 31.3 Å². The number of hydrogen-bond donors (Lipinski definition) is 1. The van der Waals surface area contributed by atoms with Gasteiger partial charge in [-0.1, -0.05) is 61.3 Å². The zero-order valence-corrected chi connectivity index (χ0v) is 20.0. The van der Waals surface area contributed by atoms with E-state index < -0.39 is 0 Å². The van der Waals surface area contributed by atoms with Crippen molar-refractivity contribution in [2.24, 2.45) is 0 Å². The Kier molecular flexibility index (Phi) is 6.79. The minimum atomic E-state index is -0.309. The second-order valence-corrected chi connectivity index (χ2v) is 9.79. The molecule has 1 atom stereocenters. The summed E-state index contributed by atoms with van der Waals surface area (Å²) in [4.78, 5) is 27.0. The van der Waals surface area contributed by atoms with Gasteiger partial charge >= 0.3 is 0 Å². The van der Waals surface area contributed by atoms with E-state index in [9.17, 15) is 9.59 Å². The number of nitrogens with zero attached hydrogens (tertiary/aromatic N) is 1. The minimum absolute atomic E-state index is 0.0899. The molecule has 4 nitrogen and oxygen atoms in total. The lowest BCUT2D eigenvalue weighted by Crippen LogP contribution is -2.27. The van der Waals surface area contributed by atoms with Crippen molar-refractivity contribution < 1.29 is 9.59 Å². The summed E-state index contributed by atoms with van der Waals surface area (Å²) in [6.45, 7) is 4.30. The summed E-state index contributed by atoms with van der Waals surface area (Å²) in [7, 11) is 0. The van der Waals surface area contributed by atoms with Gasteiger partial charge in [-0.25, -0.2) is 0 Å². The molecule has 1 N–H and O–H groups in total. The van der Waals surface area contributed by atoms with Crippen molar-refractivity contribution in [3.05, 3.63) is 93.5 Å². The smallest absolute Gasteiger partial charge is 0.257 e. The molecule has 0 saturated carbocycles. The van der Waals surface area contributed by atoms with E-state index in [0.29, 0.717) is 33.0 Å². The van der Waals surface area contributed by atoms with Gasteiger partial charge in [0.2, 0.25) is 5.91 Å². The SMILES string of the molecule is CC(C)c1ccc(N2C(=O)CS[C@@H]2c2ccc(NC(=O)c3ccc(Cl)cc3Cl)cc2)cc1. The molecule has 0 aromatic heterocycles. The molecule has 0 aliphatic carbocycles. The number of rotatable bonds is 5. The highest BCUT2D eigenvalue weighted by molar-refractivity contribution is 8.00. The Labute approximate surface area is 201 Å². The lowest BCUT2D eigenvalue weighted by molar-refractivity contribution is -0.115. The van der Waals surface area contributed by atoms with E-state index in [0.717, 1.165) is 11.3 Å². The van der Waals surface area contributed by atoms with Crippen molar-refractivity contribution >= 4 is 58.2 Å². The summed E-state index contributed by atoms with van der Waals surface area (Å²) in [5.74, 6) is 0.655. The summed E-state index contributed by atoms with van der Waals surface area (Å²) < 4.78 is 0. The average Bonchev–Trinajstić information content (AvgIpc) is 3.15. The number of hydrogen-bond acceptors (Lipinski definition) is 3. The van der Waals surface area contributed by atoms with Gasteiger partial charge in [0.25, 0.3) is 5.91 Å². The largest absolute Gasteiger partial charge is 0.322 e. The molecule has 1 saturated heterocycles. The van der Waals surface area contributed by atoms with Crippen LogP contribution in [0.4, 0.5) is 11.4 Å². The Balaban J connectivity index is 1.51. The molecule has 0 bridgehead atoms. The molecule has 0 unspecified atom stereocenters. The Hall–Kier alpha value is -2.47. The third kappa shape index (κ3) is 4.80. The standard InChI is InChI=1S/C25H22Cl2N2O2S/c1-15(2)16-5-10-20(11-6-16)29-23(30)14-32-25(29)17-3-8-19(9-4-17)28-24(31)21-12-7-18(26)13-22(21)27/h3-13,15,25H,14H2,1-2H3,(H,28,31)/t25-/m1/s1. The molecule has 3 aromatic rings. The van der Waals surface area contributed by atoms with E-state index in [-0.39, 0.29) is 17.2 Å². The molecular weight excluding hydrogens is 463 g/mol. The number of carbonyl (C=O) groups is 2. The van der Waals surface area contributed by atoms with Crippen molar-refractivity contribution in [1.29, 1.82) is 0 Å². The van der Waals surface area contributed by atoms with Crippen LogP contribution in [-0.2, 0) is 4.79 Å². The number of carbonyl (C=O) groups excluding carboxylic acids is 2. The zero-order chi connectivity index (χ0) is 22.8. The highest BCUT2D eigenvalue weighted by Crippen LogP contribution is 2.42. The molecule has 0 radical (unpaired) electrons. The van der Waals surface area contributed by atoms with E-state index in [1.165, 1.54) is 11.6 Å². The summed E-state index contributed by atoms with van der Waals surface area (Å²) in [6.07, 6.45) is 0. The molecule has 4 rings (SSSR count). The Bertz CT molecular complexity index is 1150. The van der Waals surface area contributed by atoms with Crippen LogP contribution in [-0.4, -0.2) is 17.6 Å². The third-order valence-electron chi connectivity index (χ3n) is 5.34. The van der Waals surface area contributed by atoms with Gasteiger partial charge < -0.3 is 5.32 Å². The number of halogens is 2. The number of benzene rings is 3. The first-order chi connectivity index (χ1) is 15.3. The van der Waals surface area contributed by atoms with Crippen LogP contribution in [0.25, 0.3) is 0 Å². The topological polar surface area (TPSA) is 49.4 Å². The van der Waals surface area contributed by atoms with E-state index >= 15 is 0 Å². The van der Waals surface area contributed by atoms with Crippen LogP contribution in [0.5, 0.6) is 0 Å². The molecule has 3 aromatic carbocycles. The molecule has 7 heteroatoms. The zero-order valence-electron chi connectivity index (χ0n) is 17.6. The normalized spacial score (nSPS) is 16.0. The molecule has 164 valence electrons. The monoisotopic (exact) mass is 484 g/mol. The quantitative estimate of drug-likeness (QED) is 0.418. The minimum Gasteiger partial charge on any atom is -0.322 e. The molecule has 1 fully saturated rings. The van der Waals surface area contributed by atoms with E-state index in [4.69, 9.17) is 23.2 Å². The highest BCUT2D eigenvalue weighted by atomic mass is 35.5. The molecule has 1 aliphatic heterocycles. The van der Waals surface area contributed by atoms with Crippen LogP contribution in [0.15, 0.2) is 66.7 Å². The van der Waals surface area contributed by atoms with E-state index in [1.807, 2.05) is 41.3 Å². The van der Waals surface area contributed by atoms with Crippen LogP contribution in [0.1, 0.15) is 46.6 Å². The highest BCUT2D eigenvalue weighted by Gasteiger charge is 2.34. The second kappa shape index (κ2) is 9.57. The van der Waals surface area contributed by atoms with Gasteiger partial charge in [-0.3, -0.25) is 14.5 Å². The van der Waals surface area contributed by atoms with Gasteiger partial charge in [0, 0.05) is 16.4 Å². The lowest BCUT2D eigenvalue weighted by Gasteiger charge is -2.25. The van der Waals surface area contributed by atoms with Crippen molar-refractivity contribution in [3.8, 4) is 0 Å². The summed E-state index contributed by atoms with van der Waals surface area (Å²) in [5.41, 5.74) is 4.13. The first kappa shape index (κ1) is 22.7. The average molecular weight is 485 g/mol. The summed E-state index contributed by atoms with van der Waals surface area (Å²) >= 11 is 13.6. The van der Waals surface area contributed by atoms with Gasteiger partial charge in [-0.05, 0) is 59.5 Å². The maximum atomic E-state index is 12.6. The Morgan fingerprint density at radius 1 is 1.03 bits per heavy atom. The third-order valence-corrected chi connectivity index (χ3v) is 7.10. The Morgan fingerprint density at radius 2 is 1.72 bits per heavy atom. The number of thioether (sulfide) groups is 1. The molecule has 1 heterocycles. The van der Waals surface area contributed by atoms with Crippen LogP contribution >= 0.6 is 35.0 Å². The number of amides is 2. The number of anilines is 2. The summed E-state index contributed by atoms with van der Waals surface area (Å²) in [6, 6.07) is 20.5. The van der Waals surface area contributed by atoms with Crippen LogP contribution in [0.2, 0.25) is 10.0 Å². The van der Waals surface area contributed by atoms with E-state index in [1.54, 1.807) is 23.9 Å². The molecule has 0 spiro atoms. The Morgan fingerprint density at radius 3 is 2.34 bits per heavy atom. The van der Waals surface area contributed by atoms with Gasteiger partial charge in [0.1, 0.15) is 5.37 Å². The molecule has 1 aliphatic rings. The fraction of sp³-hybridized carbons (Fsp3) is 0.200. The van der Waals surface area contributed by atoms with Gasteiger partial charge in [0.15, 0.2) is 0 Å². The van der Waals surface area contributed by atoms with Crippen molar-refractivity contribution in [3.63, 3.8) is 0 Å². The van der Waals surface area contributed by atoms with Crippen LogP contribution in [0, 0.1) is 0 Å². The van der Waals surface area contributed by atoms with Crippen molar-refractivity contribution in [1.82, 2.24) is 0 Å². The first-order valence-corrected chi connectivity index (χ1v) is 12.0. The molecule has 2 amide bonds. The van der Waals surface area contributed by atoms with Gasteiger partial charge in [-0.2, -0.15) is 0 Å². The molecule has 32 heavy (non-hydrogen) atoms. The number of nitrogens with one attached hydrogen (secondary N) is 1. The van der Waals surface area contributed by atoms with Crippen molar-refractivity contribution in [2.45, 2.75) is 25.1 Å². The fourth-order valence-electron chi connectivity index (χ4n) is 3.57. The second-order valence-electron chi connectivity index (χ2n) is 7.87. The van der Waals surface area contributed by atoms with Crippen molar-refractivity contribution in [2.75, 3.05) is 16.0 Å². The predicted molar refractivity (Wildman–Crippen MR) is 134 cm³/mol. The fourth-order valence-corrected chi connectivity index (χ4v) is 5.24. The van der Waals surface area contributed by atoms with Crippen LogP contribution in [0.3, 0.4) is 0 Å².